The molecule has 2 N–H and O–H groups in total. The van der Waals surface area contributed by atoms with Crippen LogP contribution in [-0.2, 0) is 0 Å². The normalized spacial score (nSPS) is 18.9. The van der Waals surface area contributed by atoms with E-state index >= 15 is 0 Å². The minimum Gasteiger partial charge on any atom is -0.351 e. The summed E-state index contributed by atoms with van der Waals surface area (Å²) in [6.07, 6.45) is 5.05. The number of hydrogen-bond acceptors (Lipinski definition) is 6. The van der Waals surface area contributed by atoms with E-state index in [-0.39, 0.29) is 5.69 Å². The number of nitro groups is 1. The molecule has 0 bridgehead atoms. The van der Waals surface area contributed by atoms with Crippen LogP contribution in [0.5, 0.6) is 0 Å². The third-order valence-corrected chi connectivity index (χ3v) is 3.92. The van der Waals surface area contributed by atoms with Gasteiger partial charge in [-0.2, -0.15) is 0 Å². The van der Waals surface area contributed by atoms with E-state index in [2.05, 4.69) is 14.9 Å². The van der Waals surface area contributed by atoms with Gasteiger partial charge in [-0.25, -0.2) is 4.98 Å². The number of hydrogen-bond donors (Lipinski definition) is 1. The first kappa shape index (κ1) is 13.7. The number of aromatic nitrogens is 2. The standard InChI is InChI=1S/C14H17N5O2/c15-8-11-3-1-2-6-18(11)14-9-16-13-7-10(19(20)21)4-5-12(13)17-14/h4-5,7,9,11H,1-3,6,8,15H2/t11-/m0/s1. The van der Waals surface area contributed by atoms with Crippen LogP contribution in [0, 0.1) is 10.1 Å². The molecule has 7 heteroatoms. The molecule has 0 radical (unpaired) electrons. The topological polar surface area (TPSA) is 98.2 Å². The van der Waals surface area contributed by atoms with Crippen molar-refractivity contribution in [3.05, 3.63) is 34.5 Å². The molecule has 0 amide bonds. The molecular weight excluding hydrogens is 270 g/mol. The van der Waals surface area contributed by atoms with E-state index in [4.69, 9.17) is 5.73 Å². The first-order valence-electron chi connectivity index (χ1n) is 7.07. The number of non-ortho nitro benzene ring substituents is 1. The van der Waals surface area contributed by atoms with E-state index < -0.39 is 4.92 Å². The van der Waals surface area contributed by atoms with Gasteiger partial charge in [0.15, 0.2) is 0 Å². The highest BCUT2D eigenvalue weighted by atomic mass is 16.6. The molecule has 1 aliphatic rings. The summed E-state index contributed by atoms with van der Waals surface area (Å²) < 4.78 is 0. The van der Waals surface area contributed by atoms with E-state index in [1.54, 1.807) is 12.3 Å². The predicted molar refractivity (Wildman–Crippen MR) is 80.2 cm³/mol. The second kappa shape index (κ2) is 5.61. The molecule has 0 unspecified atom stereocenters. The monoisotopic (exact) mass is 287 g/mol. The summed E-state index contributed by atoms with van der Waals surface area (Å²) in [5, 5.41) is 10.8. The molecule has 7 nitrogen and oxygen atoms in total. The highest BCUT2D eigenvalue weighted by Crippen LogP contribution is 2.25. The zero-order valence-corrected chi connectivity index (χ0v) is 11.6. The Hall–Kier alpha value is -2.28. The van der Waals surface area contributed by atoms with Gasteiger partial charge in [-0.15, -0.1) is 0 Å². The largest absolute Gasteiger partial charge is 0.351 e. The van der Waals surface area contributed by atoms with Crippen LogP contribution in [0.2, 0.25) is 0 Å². The van der Waals surface area contributed by atoms with Crippen LogP contribution >= 0.6 is 0 Å². The lowest BCUT2D eigenvalue weighted by atomic mass is 10.0. The average Bonchev–Trinajstić information content (AvgIpc) is 2.53. The number of rotatable bonds is 3. The molecule has 0 aliphatic carbocycles. The number of nitrogens with zero attached hydrogens (tertiary/aromatic N) is 4. The number of piperidine rings is 1. The summed E-state index contributed by atoms with van der Waals surface area (Å²) in [6.45, 7) is 1.52. The highest BCUT2D eigenvalue weighted by Gasteiger charge is 2.22. The second-order valence-corrected chi connectivity index (χ2v) is 5.24. The minimum absolute atomic E-state index is 0.0300. The number of anilines is 1. The zero-order valence-electron chi connectivity index (χ0n) is 11.6. The maximum absolute atomic E-state index is 10.8. The molecule has 1 aromatic carbocycles. The smallest absolute Gasteiger partial charge is 0.271 e. The third-order valence-electron chi connectivity index (χ3n) is 3.92. The molecule has 1 fully saturated rings. The maximum Gasteiger partial charge on any atom is 0.271 e. The summed E-state index contributed by atoms with van der Waals surface area (Å²) in [4.78, 5) is 21.4. The van der Waals surface area contributed by atoms with Crippen molar-refractivity contribution in [3.63, 3.8) is 0 Å². The van der Waals surface area contributed by atoms with Crippen molar-refractivity contribution in [2.24, 2.45) is 5.73 Å². The van der Waals surface area contributed by atoms with Crippen molar-refractivity contribution in [3.8, 4) is 0 Å². The van der Waals surface area contributed by atoms with Crippen molar-refractivity contribution in [2.75, 3.05) is 18.0 Å². The maximum atomic E-state index is 10.8. The van der Waals surface area contributed by atoms with Gasteiger partial charge in [0, 0.05) is 31.3 Å². The summed E-state index contributed by atoms with van der Waals surface area (Å²) in [6, 6.07) is 4.84. The first-order valence-corrected chi connectivity index (χ1v) is 7.07. The van der Waals surface area contributed by atoms with Gasteiger partial charge in [-0.3, -0.25) is 15.1 Å². The second-order valence-electron chi connectivity index (χ2n) is 5.24. The summed E-state index contributed by atoms with van der Waals surface area (Å²) in [5.41, 5.74) is 7.06. The van der Waals surface area contributed by atoms with Crippen molar-refractivity contribution >= 4 is 22.5 Å². The lowest BCUT2D eigenvalue weighted by molar-refractivity contribution is -0.384. The fourth-order valence-corrected chi connectivity index (χ4v) is 2.79. The van der Waals surface area contributed by atoms with Gasteiger partial charge in [0.1, 0.15) is 5.82 Å². The van der Waals surface area contributed by atoms with Gasteiger partial charge in [0.05, 0.1) is 22.2 Å². The van der Waals surface area contributed by atoms with Gasteiger partial charge in [0.25, 0.3) is 5.69 Å². The molecule has 21 heavy (non-hydrogen) atoms. The van der Waals surface area contributed by atoms with Gasteiger partial charge < -0.3 is 10.6 Å². The molecule has 1 aromatic heterocycles. The molecule has 0 saturated carbocycles. The molecular formula is C14H17N5O2. The molecule has 110 valence electrons. The number of benzene rings is 1. The predicted octanol–water partition coefficient (Wildman–Crippen LogP) is 1.86. The lowest BCUT2D eigenvalue weighted by Gasteiger charge is -2.35. The Morgan fingerprint density at radius 1 is 1.38 bits per heavy atom. The van der Waals surface area contributed by atoms with Crippen molar-refractivity contribution < 1.29 is 4.92 Å². The Morgan fingerprint density at radius 2 is 2.24 bits per heavy atom. The lowest BCUT2D eigenvalue weighted by Crippen LogP contribution is -2.44. The van der Waals surface area contributed by atoms with Crippen LogP contribution in [-0.4, -0.2) is 34.0 Å². The van der Waals surface area contributed by atoms with Crippen LogP contribution in [0.15, 0.2) is 24.4 Å². The van der Waals surface area contributed by atoms with Crippen LogP contribution in [0.3, 0.4) is 0 Å². The van der Waals surface area contributed by atoms with Crippen molar-refractivity contribution in [1.29, 1.82) is 0 Å². The van der Waals surface area contributed by atoms with E-state index in [1.165, 1.54) is 18.6 Å². The van der Waals surface area contributed by atoms with Crippen LogP contribution in [0.4, 0.5) is 11.5 Å². The Morgan fingerprint density at radius 3 is 3.00 bits per heavy atom. The Labute approximate surface area is 121 Å². The summed E-state index contributed by atoms with van der Waals surface area (Å²) >= 11 is 0. The van der Waals surface area contributed by atoms with Gasteiger partial charge in [-0.05, 0) is 25.3 Å². The Bertz CT molecular complexity index is 675. The summed E-state index contributed by atoms with van der Waals surface area (Å²) in [7, 11) is 0. The van der Waals surface area contributed by atoms with Gasteiger partial charge >= 0.3 is 0 Å². The van der Waals surface area contributed by atoms with Crippen LogP contribution in [0.1, 0.15) is 19.3 Å². The molecule has 2 aromatic rings. The molecule has 0 spiro atoms. The fourth-order valence-electron chi connectivity index (χ4n) is 2.79. The van der Waals surface area contributed by atoms with E-state index in [0.29, 0.717) is 23.6 Å². The molecule has 1 aliphatic heterocycles. The van der Waals surface area contributed by atoms with Crippen molar-refractivity contribution in [1.82, 2.24) is 9.97 Å². The van der Waals surface area contributed by atoms with Crippen molar-refractivity contribution in [2.45, 2.75) is 25.3 Å². The molecule has 1 saturated heterocycles. The van der Waals surface area contributed by atoms with E-state index in [9.17, 15) is 10.1 Å². The first-order chi connectivity index (χ1) is 10.2. The van der Waals surface area contributed by atoms with Gasteiger partial charge in [-0.1, -0.05) is 0 Å². The zero-order chi connectivity index (χ0) is 14.8. The Balaban J connectivity index is 1.97. The summed E-state index contributed by atoms with van der Waals surface area (Å²) in [5.74, 6) is 0.798. The number of nitro benzene ring substituents is 1. The van der Waals surface area contributed by atoms with E-state index in [0.717, 1.165) is 25.2 Å². The SMILES string of the molecule is NC[C@@H]1CCCCN1c1cnc2cc([N+](=O)[O-])ccc2n1. The third kappa shape index (κ3) is 2.64. The molecule has 3 rings (SSSR count). The molecule has 2 heterocycles. The number of nitrogens with two attached hydrogens (primary N) is 1. The van der Waals surface area contributed by atoms with Gasteiger partial charge in [0.2, 0.25) is 0 Å². The number of fused-ring (bicyclic) bond motifs is 1. The van der Waals surface area contributed by atoms with E-state index in [1.807, 2.05) is 0 Å². The van der Waals surface area contributed by atoms with Crippen LogP contribution in [0.25, 0.3) is 11.0 Å². The molecule has 1 atom stereocenters. The fraction of sp³-hybridized carbons (Fsp3) is 0.429. The minimum atomic E-state index is -0.426. The average molecular weight is 287 g/mol. The Kier molecular flexibility index (Phi) is 3.66. The quantitative estimate of drug-likeness (QED) is 0.683. The highest BCUT2D eigenvalue weighted by molar-refractivity contribution is 5.78. The van der Waals surface area contributed by atoms with Crippen LogP contribution < -0.4 is 10.6 Å².